The van der Waals surface area contributed by atoms with Gasteiger partial charge in [0.15, 0.2) is 0 Å². The summed E-state index contributed by atoms with van der Waals surface area (Å²) >= 11 is 1.63. The second-order valence-electron chi connectivity index (χ2n) is 4.45. The molecule has 0 spiro atoms. The van der Waals surface area contributed by atoms with Crippen LogP contribution < -0.4 is 5.32 Å². The molecule has 0 bridgehead atoms. The molecule has 1 N–H and O–H groups in total. The summed E-state index contributed by atoms with van der Waals surface area (Å²) in [6, 6.07) is 7.64. The molecule has 0 unspecified atom stereocenters. The van der Waals surface area contributed by atoms with Gasteiger partial charge < -0.3 is 9.84 Å². The zero-order valence-corrected chi connectivity index (χ0v) is 12.7. The lowest BCUT2D eigenvalue weighted by Crippen LogP contribution is -2.23. The molecule has 20 heavy (non-hydrogen) atoms. The Bertz CT molecular complexity index is 588. The standard InChI is InChI=1S/C15H18N2O2S/c1-4-16-15(18)12-7-5-6-8-14(12)20-9-13-10(2)17-19-11(13)3/h5-8H,4,9H2,1-3H3,(H,16,18). The maximum absolute atomic E-state index is 12.0. The number of nitrogens with zero attached hydrogens (tertiary/aromatic N) is 1. The summed E-state index contributed by atoms with van der Waals surface area (Å²) in [6.07, 6.45) is 0. The Hall–Kier alpha value is -1.75. The molecule has 2 rings (SSSR count). The van der Waals surface area contributed by atoms with Crippen LogP contribution >= 0.6 is 11.8 Å². The molecular formula is C15H18N2O2S. The third kappa shape index (κ3) is 3.22. The number of carbonyl (C=O) groups is 1. The van der Waals surface area contributed by atoms with Gasteiger partial charge in [0.25, 0.3) is 5.91 Å². The molecule has 5 heteroatoms. The van der Waals surface area contributed by atoms with Gasteiger partial charge in [0.05, 0.1) is 11.3 Å². The maximum Gasteiger partial charge on any atom is 0.252 e. The minimum Gasteiger partial charge on any atom is -0.361 e. The summed E-state index contributed by atoms with van der Waals surface area (Å²) in [7, 11) is 0. The molecule has 1 aromatic heterocycles. The molecule has 1 heterocycles. The van der Waals surface area contributed by atoms with Crippen LogP contribution in [0.25, 0.3) is 0 Å². The summed E-state index contributed by atoms with van der Waals surface area (Å²) in [5, 5.41) is 6.78. The van der Waals surface area contributed by atoms with Crippen molar-refractivity contribution in [2.45, 2.75) is 31.4 Å². The summed E-state index contributed by atoms with van der Waals surface area (Å²) in [5.41, 5.74) is 2.72. The van der Waals surface area contributed by atoms with E-state index in [2.05, 4.69) is 10.5 Å². The number of aromatic nitrogens is 1. The SMILES string of the molecule is CCNC(=O)c1ccccc1SCc1c(C)noc1C. The van der Waals surface area contributed by atoms with Gasteiger partial charge in [0, 0.05) is 22.8 Å². The van der Waals surface area contributed by atoms with Gasteiger partial charge in [-0.25, -0.2) is 0 Å². The van der Waals surface area contributed by atoms with Crippen LogP contribution in [0.3, 0.4) is 0 Å². The van der Waals surface area contributed by atoms with Crippen LogP contribution in [0.2, 0.25) is 0 Å². The Morgan fingerprint density at radius 3 is 2.75 bits per heavy atom. The van der Waals surface area contributed by atoms with E-state index in [0.717, 1.165) is 27.7 Å². The van der Waals surface area contributed by atoms with Crippen molar-refractivity contribution < 1.29 is 9.32 Å². The predicted molar refractivity (Wildman–Crippen MR) is 80.0 cm³/mol. The predicted octanol–water partition coefficient (Wildman–Crippen LogP) is 3.33. The Labute approximate surface area is 122 Å². The molecule has 0 atom stereocenters. The molecule has 0 fully saturated rings. The summed E-state index contributed by atoms with van der Waals surface area (Å²) in [4.78, 5) is 13.0. The van der Waals surface area contributed by atoms with Crippen molar-refractivity contribution in [1.29, 1.82) is 0 Å². The van der Waals surface area contributed by atoms with Gasteiger partial charge in [-0.05, 0) is 32.9 Å². The second-order valence-corrected chi connectivity index (χ2v) is 5.46. The molecule has 4 nitrogen and oxygen atoms in total. The van der Waals surface area contributed by atoms with Gasteiger partial charge >= 0.3 is 0 Å². The van der Waals surface area contributed by atoms with Crippen LogP contribution in [0, 0.1) is 13.8 Å². The number of rotatable bonds is 5. The number of carbonyl (C=O) groups excluding carboxylic acids is 1. The van der Waals surface area contributed by atoms with Crippen molar-refractivity contribution in [3.63, 3.8) is 0 Å². The van der Waals surface area contributed by atoms with Gasteiger partial charge in [-0.1, -0.05) is 17.3 Å². The lowest BCUT2D eigenvalue weighted by atomic mass is 10.2. The van der Waals surface area contributed by atoms with E-state index >= 15 is 0 Å². The van der Waals surface area contributed by atoms with Gasteiger partial charge in [-0.2, -0.15) is 0 Å². The zero-order chi connectivity index (χ0) is 14.5. The first-order chi connectivity index (χ1) is 9.63. The van der Waals surface area contributed by atoms with E-state index in [1.165, 1.54) is 0 Å². The van der Waals surface area contributed by atoms with Crippen molar-refractivity contribution >= 4 is 17.7 Å². The second kappa shape index (κ2) is 6.61. The highest BCUT2D eigenvalue weighted by molar-refractivity contribution is 7.98. The molecule has 0 aliphatic carbocycles. The van der Waals surface area contributed by atoms with Crippen molar-refractivity contribution in [2.24, 2.45) is 0 Å². The third-order valence-electron chi connectivity index (χ3n) is 3.02. The van der Waals surface area contributed by atoms with Gasteiger partial charge in [0.1, 0.15) is 5.76 Å². The minimum absolute atomic E-state index is 0.0330. The van der Waals surface area contributed by atoms with Crippen LogP contribution in [0.1, 0.15) is 34.3 Å². The minimum atomic E-state index is -0.0330. The van der Waals surface area contributed by atoms with E-state index in [1.54, 1.807) is 11.8 Å². The molecule has 106 valence electrons. The fourth-order valence-electron chi connectivity index (χ4n) is 1.89. The Morgan fingerprint density at radius 1 is 1.35 bits per heavy atom. The average Bonchev–Trinajstić information content (AvgIpc) is 2.76. The van der Waals surface area contributed by atoms with Crippen LogP contribution in [-0.4, -0.2) is 17.6 Å². The topological polar surface area (TPSA) is 55.1 Å². The first kappa shape index (κ1) is 14.7. The molecule has 0 radical (unpaired) electrons. The number of thioether (sulfide) groups is 1. The Balaban J connectivity index is 2.16. The van der Waals surface area contributed by atoms with Gasteiger partial charge in [-0.15, -0.1) is 11.8 Å². The van der Waals surface area contributed by atoms with E-state index in [1.807, 2.05) is 45.0 Å². The Morgan fingerprint density at radius 2 is 2.10 bits per heavy atom. The maximum atomic E-state index is 12.0. The highest BCUT2D eigenvalue weighted by Gasteiger charge is 2.13. The first-order valence-electron chi connectivity index (χ1n) is 6.55. The van der Waals surface area contributed by atoms with Crippen molar-refractivity contribution in [2.75, 3.05) is 6.54 Å². The lowest BCUT2D eigenvalue weighted by Gasteiger charge is -2.08. The molecule has 1 aromatic carbocycles. The van der Waals surface area contributed by atoms with Crippen molar-refractivity contribution in [3.8, 4) is 0 Å². The average molecular weight is 290 g/mol. The molecule has 0 aliphatic heterocycles. The van der Waals surface area contributed by atoms with E-state index < -0.39 is 0 Å². The molecular weight excluding hydrogens is 272 g/mol. The van der Waals surface area contributed by atoms with Crippen LogP contribution in [0.4, 0.5) is 0 Å². The normalized spacial score (nSPS) is 10.6. The summed E-state index contributed by atoms with van der Waals surface area (Å²) < 4.78 is 5.16. The monoisotopic (exact) mass is 290 g/mol. The largest absolute Gasteiger partial charge is 0.361 e. The van der Waals surface area contributed by atoms with E-state index in [4.69, 9.17) is 4.52 Å². The molecule has 0 saturated heterocycles. The summed E-state index contributed by atoms with van der Waals surface area (Å²) in [6.45, 7) is 6.38. The number of hydrogen-bond donors (Lipinski definition) is 1. The molecule has 0 saturated carbocycles. The van der Waals surface area contributed by atoms with Crippen LogP contribution in [0.5, 0.6) is 0 Å². The van der Waals surface area contributed by atoms with E-state index in [9.17, 15) is 4.79 Å². The molecule has 0 aliphatic rings. The smallest absolute Gasteiger partial charge is 0.252 e. The van der Waals surface area contributed by atoms with E-state index in [-0.39, 0.29) is 5.91 Å². The van der Waals surface area contributed by atoms with Crippen LogP contribution in [-0.2, 0) is 5.75 Å². The quantitative estimate of drug-likeness (QED) is 0.858. The van der Waals surface area contributed by atoms with Crippen LogP contribution in [0.15, 0.2) is 33.7 Å². The highest BCUT2D eigenvalue weighted by atomic mass is 32.2. The number of nitrogens with one attached hydrogen (secondary N) is 1. The number of hydrogen-bond acceptors (Lipinski definition) is 4. The number of benzene rings is 1. The fraction of sp³-hybridized carbons (Fsp3) is 0.333. The molecule has 1 amide bonds. The number of amides is 1. The highest BCUT2D eigenvalue weighted by Crippen LogP contribution is 2.28. The number of aryl methyl sites for hydroxylation is 2. The van der Waals surface area contributed by atoms with Gasteiger partial charge in [0.2, 0.25) is 0 Å². The van der Waals surface area contributed by atoms with E-state index in [0.29, 0.717) is 12.1 Å². The van der Waals surface area contributed by atoms with Crippen molar-refractivity contribution in [3.05, 3.63) is 46.8 Å². The fourth-order valence-corrected chi connectivity index (χ4v) is 3.10. The lowest BCUT2D eigenvalue weighted by molar-refractivity contribution is 0.0953. The first-order valence-corrected chi connectivity index (χ1v) is 7.53. The van der Waals surface area contributed by atoms with Crippen molar-refractivity contribution in [1.82, 2.24) is 10.5 Å². The zero-order valence-electron chi connectivity index (χ0n) is 11.9. The molecule has 2 aromatic rings. The summed E-state index contributed by atoms with van der Waals surface area (Å²) in [5.74, 6) is 1.55. The third-order valence-corrected chi connectivity index (χ3v) is 4.12. The van der Waals surface area contributed by atoms with Gasteiger partial charge in [-0.3, -0.25) is 4.79 Å². The Kier molecular flexibility index (Phi) is 4.84.